The second kappa shape index (κ2) is 13.4. The van der Waals surface area contributed by atoms with E-state index in [-0.39, 0.29) is 16.2 Å². The van der Waals surface area contributed by atoms with Gasteiger partial charge in [-0.1, -0.05) is 135 Å². The molecule has 5 heterocycles. The number of anilines is 3. The predicted molar refractivity (Wildman–Crippen MR) is 287 cm³/mol. The van der Waals surface area contributed by atoms with Crippen molar-refractivity contribution in [3.8, 4) is 11.1 Å². The first-order chi connectivity index (χ1) is 31.6. The average molecular weight is 872 g/mol. The third-order valence-electron chi connectivity index (χ3n) is 14.6. The monoisotopic (exact) mass is 871 g/mol. The van der Waals surface area contributed by atoms with Gasteiger partial charge in [-0.15, -0.1) is 11.3 Å². The molecule has 0 spiro atoms. The maximum Gasteiger partial charge on any atom is 0.0728 e. The van der Waals surface area contributed by atoms with E-state index in [0.717, 1.165) is 17.1 Å². The van der Waals surface area contributed by atoms with Crippen LogP contribution in [0.3, 0.4) is 0 Å². The Morgan fingerprint density at radius 1 is 0.379 bits per heavy atom. The zero-order chi connectivity index (χ0) is 45.2. The molecular weight excluding hydrogens is 819 g/mol. The number of aromatic nitrogens is 2. The molecule has 13 rings (SSSR count). The van der Waals surface area contributed by atoms with Crippen LogP contribution in [-0.4, -0.2) is 8.80 Å². The van der Waals surface area contributed by atoms with Crippen LogP contribution in [0.1, 0.15) is 79.0 Å². The SMILES string of the molecule is CC(C)(C)c1cc(-c2ccc(N(c3ccccc3)c3ccccc3)cc2)c2c(c1)c1cc(C(C)(C)C)cc3c4ccc5c(c6cc(C(C)(C)C)cc7c8sc9ccccc9c8n5c76)c4n2c13. The van der Waals surface area contributed by atoms with Crippen LogP contribution in [0.4, 0.5) is 17.1 Å². The van der Waals surface area contributed by atoms with Crippen LogP contribution in [0.2, 0.25) is 0 Å². The summed E-state index contributed by atoms with van der Waals surface area (Å²) < 4.78 is 8.04. The van der Waals surface area contributed by atoms with Gasteiger partial charge in [0.1, 0.15) is 0 Å². The molecule has 0 fully saturated rings. The van der Waals surface area contributed by atoms with Gasteiger partial charge in [0.2, 0.25) is 0 Å². The summed E-state index contributed by atoms with van der Waals surface area (Å²) in [5, 5.41) is 10.7. The minimum Gasteiger partial charge on any atom is -0.311 e. The Balaban J connectivity index is 1.20. The topological polar surface area (TPSA) is 12.1 Å². The van der Waals surface area contributed by atoms with Gasteiger partial charge in [0.05, 0.1) is 37.8 Å². The van der Waals surface area contributed by atoms with E-state index >= 15 is 0 Å². The van der Waals surface area contributed by atoms with Crippen molar-refractivity contribution in [1.29, 1.82) is 0 Å². The van der Waals surface area contributed by atoms with Crippen LogP contribution in [-0.2, 0) is 16.2 Å². The van der Waals surface area contributed by atoms with E-state index in [4.69, 9.17) is 0 Å². The molecule has 0 bridgehead atoms. The Kier molecular flexibility index (Phi) is 7.99. The number of thiophene rings is 1. The summed E-state index contributed by atoms with van der Waals surface area (Å²) in [6.45, 7) is 21.2. The lowest BCUT2D eigenvalue weighted by atomic mass is 9.83. The van der Waals surface area contributed by atoms with Gasteiger partial charge in [0.15, 0.2) is 0 Å². The van der Waals surface area contributed by atoms with Crippen LogP contribution in [0.5, 0.6) is 0 Å². The number of benzene rings is 8. The highest BCUT2D eigenvalue weighted by molar-refractivity contribution is 7.26. The molecule has 5 aromatic heterocycles. The number of rotatable bonds is 4. The van der Waals surface area contributed by atoms with Gasteiger partial charge in [-0.05, 0) is 123 Å². The molecule has 66 heavy (non-hydrogen) atoms. The van der Waals surface area contributed by atoms with Gasteiger partial charge in [-0.2, -0.15) is 0 Å². The second-order valence-electron chi connectivity index (χ2n) is 21.9. The fourth-order valence-electron chi connectivity index (χ4n) is 11.1. The van der Waals surface area contributed by atoms with E-state index in [9.17, 15) is 0 Å². The normalized spacial score (nSPS) is 13.2. The van der Waals surface area contributed by atoms with Crippen molar-refractivity contribution < 1.29 is 0 Å². The summed E-state index contributed by atoms with van der Waals surface area (Å²) in [5.41, 5.74) is 17.6. The maximum absolute atomic E-state index is 2.70. The standard InChI is InChI=1S/C62H53N3S/c1-60(2,3)37-30-45(36-24-26-42(27-25-36)63(40-18-12-10-13-19-40)41-20-14-11-15-21-41)54-47(32-37)48-33-38(61(4,5)6)31-46-43-28-29-51-53(57(43)65(54)55(46)48)49-34-39(62(7,8)9)35-50-56(49)64(51)58-44-22-16-17-23-52(44)66-59(50)58/h10-35H,1-9H3. The molecule has 0 atom stereocenters. The maximum atomic E-state index is 2.70. The third-order valence-corrected chi connectivity index (χ3v) is 15.8. The summed E-state index contributed by atoms with van der Waals surface area (Å²) in [7, 11) is 0. The molecular formula is C62H53N3S. The molecule has 0 aliphatic heterocycles. The summed E-state index contributed by atoms with van der Waals surface area (Å²) in [6, 6.07) is 59.7. The number of para-hydroxylation sites is 2. The van der Waals surface area contributed by atoms with Crippen molar-refractivity contribution in [2.24, 2.45) is 0 Å². The smallest absolute Gasteiger partial charge is 0.0728 e. The molecule has 4 heteroatoms. The molecule has 0 unspecified atom stereocenters. The van der Waals surface area contributed by atoms with E-state index in [2.05, 4.69) is 234 Å². The minimum atomic E-state index is -0.0698. The first-order valence-electron chi connectivity index (χ1n) is 23.5. The van der Waals surface area contributed by atoms with Crippen molar-refractivity contribution in [3.05, 3.63) is 174 Å². The van der Waals surface area contributed by atoms with Crippen molar-refractivity contribution in [3.63, 3.8) is 0 Å². The van der Waals surface area contributed by atoms with Gasteiger partial charge in [0.25, 0.3) is 0 Å². The quantitative estimate of drug-likeness (QED) is 0.172. The number of hydrogen-bond donors (Lipinski definition) is 0. The Bertz CT molecular complexity index is 4030. The Morgan fingerprint density at radius 3 is 1.50 bits per heavy atom. The number of fused-ring (bicyclic) bond motifs is 15. The molecule has 3 nitrogen and oxygen atoms in total. The van der Waals surface area contributed by atoms with Crippen LogP contribution in [0.15, 0.2) is 158 Å². The molecule has 0 aliphatic carbocycles. The molecule has 8 aromatic carbocycles. The zero-order valence-corrected chi connectivity index (χ0v) is 40.1. The van der Waals surface area contributed by atoms with Crippen molar-refractivity contribution in [2.45, 2.75) is 78.6 Å². The summed E-state index contributed by atoms with van der Waals surface area (Å²) in [6.07, 6.45) is 0. The fourth-order valence-corrected chi connectivity index (χ4v) is 12.3. The second-order valence-corrected chi connectivity index (χ2v) is 22.9. The van der Waals surface area contributed by atoms with Crippen LogP contribution in [0, 0.1) is 0 Å². The lowest BCUT2D eigenvalue weighted by Crippen LogP contribution is -2.11. The first kappa shape index (κ1) is 39.5. The van der Waals surface area contributed by atoms with E-state index in [1.807, 2.05) is 11.3 Å². The Hall–Kier alpha value is -6.88. The van der Waals surface area contributed by atoms with Crippen LogP contribution >= 0.6 is 11.3 Å². The minimum absolute atomic E-state index is 0.0339. The molecule has 0 amide bonds. The van der Waals surface area contributed by atoms with Gasteiger partial charge in [-0.25, -0.2) is 0 Å². The summed E-state index contributed by atoms with van der Waals surface area (Å²) >= 11 is 1.94. The molecule has 0 saturated heterocycles. The largest absolute Gasteiger partial charge is 0.311 e. The van der Waals surface area contributed by atoms with E-state index in [1.165, 1.54) is 113 Å². The molecule has 13 aromatic rings. The number of hydrogen-bond acceptors (Lipinski definition) is 2. The van der Waals surface area contributed by atoms with Crippen LogP contribution in [0.25, 0.3) is 96.7 Å². The highest BCUT2D eigenvalue weighted by atomic mass is 32.1. The third kappa shape index (κ3) is 5.48. The highest BCUT2D eigenvalue weighted by Crippen LogP contribution is 2.52. The molecule has 0 radical (unpaired) electrons. The number of nitrogens with zero attached hydrogens (tertiary/aromatic N) is 3. The summed E-state index contributed by atoms with van der Waals surface area (Å²) in [4.78, 5) is 2.35. The average Bonchev–Trinajstić information content (AvgIpc) is 4.09. The van der Waals surface area contributed by atoms with Crippen molar-refractivity contribution >= 4 is 114 Å². The first-order valence-corrected chi connectivity index (χ1v) is 24.3. The fraction of sp³-hybridized carbons (Fsp3) is 0.194. The van der Waals surface area contributed by atoms with Crippen molar-refractivity contribution in [2.75, 3.05) is 4.90 Å². The molecule has 0 aliphatic rings. The zero-order valence-electron chi connectivity index (χ0n) is 39.3. The van der Waals surface area contributed by atoms with E-state index < -0.39 is 0 Å². The Morgan fingerprint density at radius 2 is 0.879 bits per heavy atom. The van der Waals surface area contributed by atoms with Gasteiger partial charge in [-0.3, -0.25) is 0 Å². The van der Waals surface area contributed by atoms with Crippen LogP contribution < -0.4 is 4.90 Å². The van der Waals surface area contributed by atoms with E-state index in [0.29, 0.717) is 0 Å². The van der Waals surface area contributed by atoms with Gasteiger partial charge < -0.3 is 13.7 Å². The van der Waals surface area contributed by atoms with E-state index in [1.54, 1.807) is 0 Å². The predicted octanol–water partition coefficient (Wildman–Crippen LogP) is 18.2. The highest BCUT2D eigenvalue weighted by Gasteiger charge is 2.31. The van der Waals surface area contributed by atoms with Gasteiger partial charge in [0, 0.05) is 70.4 Å². The van der Waals surface area contributed by atoms with Gasteiger partial charge >= 0.3 is 0 Å². The lowest BCUT2D eigenvalue weighted by molar-refractivity contribution is 0.591. The molecule has 0 N–H and O–H groups in total. The Labute approximate surface area is 389 Å². The summed E-state index contributed by atoms with van der Waals surface area (Å²) in [5.74, 6) is 0. The lowest BCUT2D eigenvalue weighted by Gasteiger charge is -2.26. The molecule has 0 saturated carbocycles. The molecule has 322 valence electrons. The van der Waals surface area contributed by atoms with Crippen molar-refractivity contribution in [1.82, 2.24) is 8.80 Å².